The van der Waals surface area contributed by atoms with Gasteiger partial charge >= 0.3 is 0 Å². The van der Waals surface area contributed by atoms with Crippen molar-refractivity contribution in [2.45, 2.75) is 59.4 Å². The molecule has 0 saturated heterocycles. The highest BCUT2D eigenvalue weighted by molar-refractivity contribution is 5.31. The molecule has 0 amide bonds. The molecular formula is C13H24N2O. The van der Waals surface area contributed by atoms with Crippen LogP contribution in [0.1, 0.15) is 53.0 Å². The van der Waals surface area contributed by atoms with Crippen molar-refractivity contribution >= 4 is 0 Å². The fraction of sp³-hybridized carbons (Fsp3) is 0.769. The Kier molecular flexibility index (Phi) is 4.39. The zero-order valence-corrected chi connectivity index (χ0v) is 11.2. The molecule has 1 aromatic rings. The van der Waals surface area contributed by atoms with E-state index in [1.807, 2.05) is 24.7 Å². The summed E-state index contributed by atoms with van der Waals surface area (Å²) in [6, 6.07) is 0. The van der Waals surface area contributed by atoms with Crippen LogP contribution < -0.4 is 4.74 Å². The molecule has 0 fully saturated rings. The maximum Gasteiger partial charge on any atom is 0.215 e. The van der Waals surface area contributed by atoms with Gasteiger partial charge in [0.05, 0.1) is 12.8 Å². The van der Waals surface area contributed by atoms with Gasteiger partial charge in [0.25, 0.3) is 0 Å². The van der Waals surface area contributed by atoms with Crippen LogP contribution in [0.3, 0.4) is 0 Å². The second kappa shape index (κ2) is 5.37. The predicted octanol–water partition coefficient (Wildman–Crippen LogP) is 3.38. The van der Waals surface area contributed by atoms with E-state index in [-0.39, 0.29) is 5.41 Å². The van der Waals surface area contributed by atoms with Crippen molar-refractivity contribution in [3.05, 3.63) is 11.8 Å². The van der Waals surface area contributed by atoms with Crippen LogP contribution in [0.25, 0.3) is 0 Å². The summed E-state index contributed by atoms with van der Waals surface area (Å²) >= 11 is 0. The summed E-state index contributed by atoms with van der Waals surface area (Å²) in [5.74, 6) is 0.981. The van der Waals surface area contributed by atoms with Crippen molar-refractivity contribution in [1.29, 1.82) is 0 Å². The third kappa shape index (κ3) is 2.77. The second-order valence-electron chi connectivity index (χ2n) is 4.89. The Morgan fingerprint density at radius 3 is 2.56 bits per heavy atom. The standard InChI is InChI=1S/C11H18N2O.C2H6/c1-11(2,3)9-8-12-13-6-4-5-7-14-10(9)13;1-2/h8H,4-7H2,1-3H3;1-2H3. The molecule has 16 heavy (non-hydrogen) atoms. The highest BCUT2D eigenvalue weighted by atomic mass is 16.5. The molecule has 92 valence electrons. The first-order valence-electron chi connectivity index (χ1n) is 6.28. The van der Waals surface area contributed by atoms with Crippen molar-refractivity contribution in [2.24, 2.45) is 0 Å². The molecule has 1 aliphatic rings. The summed E-state index contributed by atoms with van der Waals surface area (Å²) in [5, 5.41) is 4.37. The lowest BCUT2D eigenvalue weighted by Gasteiger charge is -2.18. The van der Waals surface area contributed by atoms with Crippen molar-refractivity contribution in [3.8, 4) is 5.88 Å². The van der Waals surface area contributed by atoms with Crippen LogP contribution in [0.2, 0.25) is 0 Å². The Morgan fingerprint density at radius 2 is 1.94 bits per heavy atom. The van der Waals surface area contributed by atoms with E-state index < -0.39 is 0 Å². The Bertz CT molecular complexity index is 323. The highest BCUT2D eigenvalue weighted by Gasteiger charge is 2.24. The first kappa shape index (κ1) is 13.1. The molecule has 2 rings (SSSR count). The van der Waals surface area contributed by atoms with Gasteiger partial charge < -0.3 is 4.74 Å². The van der Waals surface area contributed by atoms with Crippen LogP contribution in [0.4, 0.5) is 0 Å². The fourth-order valence-electron chi connectivity index (χ4n) is 1.73. The number of hydrogen-bond acceptors (Lipinski definition) is 2. The van der Waals surface area contributed by atoms with Crippen molar-refractivity contribution in [2.75, 3.05) is 6.61 Å². The number of fused-ring (bicyclic) bond motifs is 1. The second-order valence-corrected chi connectivity index (χ2v) is 4.89. The summed E-state index contributed by atoms with van der Waals surface area (Å²) in [7, 11) is 0. The first-order chi connectivity index (χ1) is 7.59. The van der Waals surface area contributed by atoms with E-state index in [0.717, 1.165) is 31.9 Å². The van der Waals surface area contributed by atoms with Crippen LogP contribution in [0.15, 0.2) is 6.20 Å². The van der Waals surface area contributed by atoms with Gasteiger partial charge in [0, 0.05) is 12.1 Å². The van der Waals surface area contributed by atoms with Crippen LogP contribution in [-0.2, 0) is 12.0 Å². The molecule has 0 unspecified atom stereocenters. The van der Waals surface area contributed by atoms with Crippen LogP contribution in [-0.4, -0.2) is 16.4 Å². The smallest absolute Gasteiger partial charge is 0.215 e. The molecule has 0 spiro atoms. The number of hydrogen-bond donors (Lipinski definition) is 0. The normalized spacial score (nSPS) is 15.3. The lowest BCUT2D eigenvalue weighted by Crippen LogP contribution is -2.13. The molecule has 0 N–H and O–H groups in total. The van der Waals surface area contributed by atoms with Gasteiger partial charge in [0.2, 0.25) is 5.88 Å². The van der Waals surface area contributed by atoms with Gasteiger partial charge in [-0.1, -0.05) is 34.6 Å². The summed E-state index contributed by atoms with van der Waals surface area (Å²) in [6.07, 6.45) is 4.24. The van der Waals surface area contributed by atoms with Crippen molar-refractivity contribution < 1.29 is 4.74 Å². The minimum absolute atomic E-state index is 0.123. The van der Waals surface area contributed by atoms with Crippen LogP contribution >= 0.6 is 0 Å². The summed E-state index contributed by atoms with van der Waals surface area (Å²) in [4.78, 5) is 0. The van der Waals surface area contributed by atoms with E-state index >= 15 is 0 Å². The SMILES string of the molecule is CC.CC(C)(C)c1cnn2c1OCCCC2. The zero-order valence-electron chi connectivity index (χ0n) is 11.2. The van der Waals surface area contributed by atoms with Gasteiger partial charge in [-0.25, -0.2) is 4.68 Å². The van der Waals surface area contributed by atoms with Crippen LogP contribution in [0.5, 0.6) is 5.88 Å². The predicted molar refractivity (Wildman–Crippen MR) is 67.0 cm³/mol. The number of nitrogens with zero attached hydrogens (tertiary/aromatic N) is 2. The van der Waals surface area contributed by atoms with Gasteiger partial charge in [0.15, 0.2) is 0 Å². The summed E-state index contributed by atoms with van der Waals surface area (Å²) in [5.41, 5.74) is 1.34. The molecule has 0 radical (unpaired) electrons. The number of rotatable bonds is 0. The van der Waals surface area contributed by atoms with E-state index in [1.165, 1.54) is 5.56 Å². The molecule has 3 nitrogen and oxygen atoms in total. The molecular weight excluding hydrogens is 200 g/mol. The van der Waals surface area contributed by atoms with E-state index in [4.69, 9.17) is 4.74 Å². The van der Waals surface area contributed by atoms with Gasteiger partial charge in [-0.3, -0.25) is 0 Å². The van der Waals surface area contributed by atoms with E-state index in [2.05, 4.69) is 25.9 Å². The number of aryl methyl sites for hydroxylation is 1. The molecule has 0 aromatic carbocycles. The Labute approximate surface area is 98.8 Å². The maximum atomic E-state index is 5.75. The molecule has 0 saturated carbocycles. The van der Waals surface area contributed by atoms with E-state index in [0.29, 0.717) is 0 Å². The van der Waals surface area contributed by atoms with Crippen LogP contribution in [0, 0.1) is 0 Å². The van der Waals surface area contributed by atoms with E-state index in [1.54, 1.807) is 0 Å². The quantitative estimate of drug-likeness (QED) is 0.675. The molecule has 0 atom stereocenters. The van der Waals surface area contributed by atoms with Crippen molar-refractivity contribution in [3.63, 3.8) is 0 Å². The minimum atomic E-state index is 0.123. The van der Waals surface area contributed by atoms with Gasteiger partial charge in [-0.2, -0.15) is 5.10 Å². The third-order valence-corrected chi connectivity index (χ3v) is 2.60. The molecule has 0 bridgehead atoms. The first-order valence-corrected chi connectivity index (χ1v) is 6.28. The lowest BCUT2D eigenvalue weighted by atomic mass is 9.89. The minimum Gasteiger partial charge on any atom is -0.478 e. The highest BCUT2D eigenvalue weighted by Crippen LogP contribution is 2.32. The number of ether oxygens (including phenoxy) is 1. The third-order valence-electron chi connectivity index (χ3n) is 2.60. The molecule has 1 aliphatic heterocycles. The van der Waals surface area contributed by atoms with Crippen molar-refractivity contribution in [1.82, 2.24) is 9.78 Å². The Hall–Kier alpha value is -0.990. The van der Waals surface area contributed by atoms with Gasteiger partial charge in [-0.15, -0.1) is 0 Å². The van der Waals surface area contributed by atoms with E-state index in [9.17, 15) is 0 Å². The molecule has 2 heterocycles. The average Bonchev–Trinajstić information content (AvgIpc) is 2.52. The largest absolute Gasteiger partial charge is 0.478 e. The summed E-state index contributed by atoms with van der Waals surface area (Å²) in [6.45, 7) is 12.4. The number of aromatic nitrogens is 2. The molecule has 3 heteroatoms. The topological polar surface area (TPSA) is 27.1 Å². The zero-order chi connectivity index (χ0) is 12.2. The molecule has 0 aliphatic carbocycles. The van der Waals surface area contributed by atoms with Gasteiger partial charge in [-0.05, 0) is 18.3 Å². The summed E-state index contributed by atoms with van der Waals surface area (Å²) < 4.78 is 7.74. The fourth-order valence-corrected chi connectivity index (χ4v) is 1.73. The average molecular weight is 224 g/mol. The Balaban J connectivity index is 0.000000606. The van der Waals surface area contributed by atoms with Gasteiger partial charge in [0.1, 0.15) is 0 Å². The molecule has 1 aromatic heterocycles. The lowest BCUT2D eigenvalue weighted by molar-refractivity contribution is 0.295. The maximum absolute atomic E-state index is 5.75. The Morgan fingerprint density at radius 1 is 1.25 bits per heavy atom. The monoisotopic (exact) mass is 224 g/mol.